The number of nitrogens with one attached hydrogen (secondary N) is 1. The summed E-state index contributed by atoms with van der Waals surface area (Å²) in [6, 6.07) is 15.4. The number of Topliss-reactive ketones (excluding diaryl/α,β-unsaturated/α-hetero) is 1. The third-order valence-corrected chi connectivity index (χ3v) is 9.00. The van der Waals surface area contributed by atoms with Gasteiger partial charge < -0.3 is 15.8 Å². The van der Waals surface area contributed by atoms with Crippen molar-refractivity contribution in [3.63, 3.8) is 0 Å². The van der Waals surface area contributed by atoms with E-state index in [4.69, 9.17) is 10.5 Å². The molecule has 1 amide bonds. The molecule has 0 radical (unpaired) electrons. The van der Waals surface area contributed by atoms with Crippen LogP contribution in [-0.4, -0.2) is 34.2 Å². The Labute approximate surface area is 251 Å². The molecule has 1 atom stereocenters. The van der Waals surface area contributed by atoms with Gasteiger partial charge in [0.1, 0.15) is 17.4 Å². The van der Waals surface area contributed by atoms with Crippen LogP contribution in [0.15, 0.2) is 75.5 Å². The molecular formula is C30H29FN6O3S2. The molecule has 0 saturated carbocycles. The number of rotatable bonds is 8. The number of anilines is 2. The molecule has 0 bridgehead atoms. The molecule has 42 heavy (non-hydrogen) atoms. The zero-order chi connectivity index (χ0) is 30.0. The van der Waals surface area contributed by atoms with Crippen molar-refractivity contribution < 1.29 is 18.7 Å². The van der Waals surface area contributed by atoms with E-state index >= 15 is 4.39 Å². The number of ether oxygens (including phenoxy) is 1. The molecule has 2 heterocycles. The quantitative estimate of drug-likeness (QED) is 0.308. The van der Waals surface area contributed by atoms with Gasteiger partial charge in [0.2, 0.25) is 11.0 Å². The normalized spacial score (nSPS) is 18.0. The monoisotopic (exact) mass is 604 g/mol. The van der Waals surface area contributed by atoms with Crippen LogP contribution in [0.4, 0.5) is 15.2 Å². The summed E-state index contributed by atoms with van der Waals surface area (Å²) in [6.07, 6.45) is 0.717. The van der Waals surface area contributed by atoms with E-state index in [2.05, 4.69) is 21.6 Å². The molecule has 3 N–H and O–H groups in total. The number of carbonyl (C=O) groups excluding carboxylic acids is 2. The highest BCUT2D eigenvalue weighted by Crippen LogP contribution is 2.51. The SMILES string of the molecule is CCOc1ccc(NC(=O)CSc2nnc(N3C(N)=C(C#N)C(c4ccccc4F)C4=C3CC(C)(C)CC4=O)s2)cc1. The molecule has 1 aliphatic carbocycles. The predicted octanol–water partition coefficient (Wildman–Crippen LogP) is 5.75. The first-order chi connectivity index (χ1) is 20.1. The number of nitrogens with two attached hydrogens (primary N) is 1. The van der Waals surface area contributed by atoms with Crippen LogP contribution < -0.4 is 20.7 Å². The van der Waals surface area contributed by atoms with Crippen LogP contribution in [0.3, 0.4) is 0 Å². The van der Waals surface area contributed by atoms with E-state index in [-0.39, 0.29) is 46.2 Å². The molecule has 1 aromatic heterocycles. The van der Waals surface area contributed by atoms with Crippen LogP contribution in [-0.2, 0) is 9.59 Å². The maximum atomic E-state index is 15.0. The van der Waals surface area contributed by atoms with Gasteiger partial charge in [0.05, 0.1) is 29.9 Å². The van der Waals surface area contributed by atoms with Crippen molar-refractivity contribution in [1.29, 1.82) is 5.26 Å². The Morgan fingerprint density at radius 1 is 1.24 bits per heavy atom. The third-order valence-electron chi connectivity index (χ3n) is 6.96. The lowest BCUT2D eigenvalue weighted by molar-refractivity contribution is -0.118. The summed E-state index contributed by atoms with van der Waals surface area (Å²) in [5.41, 5.74) is 8.10. The number of hydrogen-bond acceptors (Lipinski definition) is 10. The van der Waals surface area contributed by atoms with Crippen molar-refractivity contribution >= 4 is 45.6 Å². The number of allylic oxidation sites excluding steroid dienone is 3. The first-order valence-electron chi connectivity index (χ1n) is 13.3. The van der Waals surface area contributed by atoms with E-state index in [1.807, 2.05) is 20.8 Å². The van der Waals surface area contributed by atoms with E-state index < -0.39 is 11.7 Å². The smallest absolute Gasteiger partial charge is 0.234 e. The van der Waals surface area contributed by atoms with E-state index in [9.17, 15) is 14.9 Å². The number of carbonyl (C=O) groups is 2. The molecule has 2 aromatic carbocycles. The largest absolute Gasteiger partial charge is 0.494 e. The van der Waals surface area contributed by atoms with Crippen molar-refractivity contribution in [2.45, 2.75) is 43.9 Å². The molecule has 0 fully saturated rings. The van der Waals surface area contributed by atoms with Crippen molar-refractivity contribution in [3.05, 3.63) is 82.6 Å². The summed E-state index contributed by atoms with van der Waals surface area (Å²) < 4.78 is 21.0. The Morgan fingerprint density at radius 3 is 2.67 bits per heavy atom. The zero-order valence-corrected chi connectivity index (χ0v) is 24.9. The molecule has 0 spiro atoms. The Bertz CT molecular complexity index is 1640. The predicted molar refractivity (Wildman–Crippen MR) is 160 cm³/mol. The summed E-state index contributed by atoms with van der Waals surface area (Å²) in [5.74, 6) is -0.925. The van der Waals surface area contributed by atoms with Crippen LogP contribution in [0.25, 0.3) is 0 Å². The Kier molecular flexibility index (Phi) is 8.34. The number of halogens is 1. The lowest BCUT2D eigenvalue weighted by Crippen LogP contribution is -2.42. The topological polar surface area (TPSA) is 134 Å². The van der Waals surface area contributed by atoms with Gasteiger partial charge in [0.25, 0.3) is 0 Å². The van der Waals surface area contributed by atoms with Crippen molar-refractivity contribution in [1.82, 2.24) is 10.2 Å². The first kappa shape index (κ1) is 29.3. The summed E-state index contributed by atoms with van der Waals surface area (Å²) >= 11 is 2.40. The van der Waals surface area contributed by atoms with Gasteiger partial charge in [-0.1, -0.05) is 55.1 Å². The molecular weight excluding hydrogens is 576 g/mol. The van der Waals surface area contributed by atoms with E-state index in [0.29, 0.717) is 39.5 Å². The minimum Gasteiger partial charge on any atom is -0.494 e. The van der Waals surface area contributed by atoms with E-state index in [1.165, 1.54) is 29.2 Å². The van der Waals surface area contributed by atoms with E-state index in [0.717, 1.165) is 5.75 Å². The molecule has 3 aromatic rings. The van der Waals surface area contributed by atoms with E-state index in [1.54, 1.807) is 47.4 Å². The Morgan fingerprint density at radius 2 is 1.98 bits per heavy atom. The van der Waals surface area contributed by atoms with Crippen molar-refractivity contribution in [2.24, 2.45) is 11.1 Å². The summed E-state index contributed by atoms with van der Waals surface area (Å²) in [5, 5.41) is 21.9. The minimum absolute atomic E-state index is 0.0750. The first-order valence-corrected chi connectivity index (χ1v) is 15.1. The standard InChI is InChI=1S/C30H29FN6O3S2/c1-4-40-18-11-9-17(10-12-18)34-24(39)16-41-29-36-35-28(42-29)37-22-13-30(2,3)14-23(38)26(22)25(20(15-32)27(37)33)19-7-5-6-8-21(19)31/h5-12,25H,4,13-14,16,33H2,1-3H3,(H,34,39). The zero-order valence-electron chi connectivity index (χ0n) is 23.3. The van der Waals surface area contributed by atoms with Crippen LogP contribution in [0.5, 0.6) is 5.75 Å². The molecule has 2 aliphatic rings. The van der Waals surface area contributed by atoms with Gasteiger partial charge >= 0.3 is 0 Å². The summed E-state index contributed by atoms with van der Waals surface area (Å²) in [4.78, 5) is 27.8. The fourth-order valence-electron chi connectivity index (χ4n) is 5.22. The van der Waals surface area contributed by atoms with Crippen LogP contribution >= 0.6 is 23.1 Å². The molecule has 1 aliphatic heterocycles. The number of ketones is 1. The Balaban J connectivity index is 1.42. The average molecular weight is 605 g/mol. The lowest BCUT2D eigenvalue weighted by Gasteiger charge is -2.42. The Hall–Kier alpha value is -4.21. The van der Waals surface area contributed by atoms with Crippen LogP contribution in [0.2, 0.25) is 0 Å². The molecule has 216 valence electrons. The second-order valence-electron chi connectivity index (χ2n) is 10.6. The van der Waals surface area contributed by atoms with Crippen molar-refractivity contribution in [2.75, 3.05) is 22.6 Å². The number of aromatic nitrogens is 2. The van der Waals surface area contributed by atoms with Gasteiger partial charge in [0.15, 0.2) is 10.1 Å². The fraction of sp³-hybridized carbons (Fsp3) is 0.300. The second-order valence-corrected chi connectivity index (χ2v) is 12.8. The molecule has 1 unspecified atom stereocenters. The number of thioether (sulfide) groups is 1. The summed E-state index contributed by atoms with van der Waals surface area (Å²) in [6.45, 7) is 6.42. The van der Waals surface area contributed by atoms with Gasteiger partial charge in [0, 0.05) is 28.9 Å². The van der Waals surface area contributed by atoms with Gasteiger partial charge in [-0.25, -0.2) is 4.39 Å². The average Bonchev–Trinajstić information content (AvgIpc) is 3.41. The van der Waals surface area contributed by atoms with Crippen LogP contribution in [0.1, 0.15) is 45.1 Å². The molecule has 0 saturated heterocycles. The maximum absolute atomic E-state index is 15.0. The highest BCUT2D eigenvalue weighted by Gasteiger charge is 2.46. The van der Waals surface area contributed by atoms with Gasteiger partial charge in [-0.2, -0.15) is 5.26 Å². The summed E-state index contributed by atoms with van der Waals surface area (Å²) in [7, 11) is 0. The molecule has 12 heteroatoms. The van der Waals surface area contributed by atoms with Gasteiger partial charge in [-0.3, -0.25) is 14.5 Å². The second kappa shape index (κ2) is 12.0. The number of nitriles is 1. The molecule has 5 rings (SSSR count). The highest BCUT2D eigenvalue weighted by molar-refractivity contribution is 8.01. The lowest BCUT2D eigenvalue weighted by atomic mass is 9.68. The number of amides is 1. The van der Waals surface area contributed by atoms with Crippen molar-refractivity contribution in [3.8, 4) is 11.8 Å². The molecule has 9 nitrogen and oxygen atoms in total. The fourth-order valence-corrected chi connectivity index (χ4v) is 6.90. The number of hydrogen-bond donors (Lipinski definition) is 2. The highest BCUT2D eigenvalue weighted by atomic mass is 32.2. The third kappa shape index (κ3) is 5.89. The maximum Gasteiger partial charge on any atom is 0.234 e. The van der Waals surface area contributed by atoms with Crippen LogP contribution in [0, 0.1) is 22.6 Å². The van der Waals surface area contributed by atoms with Gasteiger partial charge in [-0.05, 0) is 49.1 Å². The number of nitrogens with zero attached hydrogens (tertiary/aromatic N) is 4. The van der Waals surface area contributed by atoms with Gasteiger partial charge in [-0.15, -0.1) is 10.2 Å². The minimum atomic E-state index is -0.917. The number of benzene rings is 2.